The van der Waals surface area contributed by atoms with Crippen molar-refractivity contribution in [1.82, 2.24) is 10.6 Å². The lowest BCUT2D eigenvalue weighted by molar-refractivity contribution is 0.310. The first-order valence-corrected chi connectivity index (χ1v) is 4.91. The van der Waals surface area contributed by atoms with Crippen LogP contribution in [-0.2, 0) is 0 Å². The highest BCUT2D eigenvalue weighted by Gasteiger charge is 2.25. The summed E-state index contributed by atoms with van der Waals surface area (Å²) in [5.41, 5.74) is 0. The SMILES string of the molecule is C1CCC(C2CCNC2)NC1. The van der Waals surface area contributed by atoms with Gasteiger partial charge in [0.05, 0.1) is 0 Å². The van der Waals surface area contributed by atoms with Crippen LogP contribution < -0.4 is 10.6 Å². The molecule has 0 amide bonds. The average Bonchev–Trinajstić information content (AvgIpc) is 2.58. The highest BCUT2D eigenvalue weighted by molar-refractivity contribution is 4.84. The van der Waals surface area contributed by atoms with Gasteiger partial charge >= 0.3 is 0 Å². The van der Waals surface area contributed by atoms with Crippen molar-refractivity contribution in [2.45, 2.75) is 31.7 Å². The number of nitrogens with one attached hydrogen (secondary N) is 2. The Morgan fingerprint density at radius 3 is 2.64 bits per heavy atom. The second-order valence-corrected chi connectivity index (χ2v) is 3.81. The van der Waals surface area contributed by atoms with E-state index in [2.05, 4.69) is 10.6 Å². The van der Waals surface area contributed by atoms with Gasteiger partial charge in [-0.15, -0.1) is 0 Å². The Labute approximate surface area is 68.7 Å². The first-order valence-electron chi connectivity index (χ1n) is 4.91. The predicted molar refractivity (Wildman–Crippen MR) is 46.6 cm³/mol. The molecule has 0 radical (unpaired) electrons. The molecule has 0 aromatic carbocycles. The number of piperidine rings is 1. The molecule has 2 saturated heterocycles. The first kappa shape index (κ1) is 7.56. The molecule has 2 fully saturated rings. The van der Waals surface area contributed by atoms with Gasteiger partial charge in [0.2, 0.25) is 0 Å². The Morgan fingerprint density at radius 2 is 2.00 bits per heavy atom. The molecule has 0 aromatic heterocycles. The fourth-order valence-corrected chi connectivity index (χ4v) is 2.30. The molecular formula is C9H18N2. The summed E-state index contributed by atoms with van der Waals surface area (Å²) in [7, 11) is 0. The summed E-state index contributed by atoms with van der Waals surface area (Å²) in [6, 6.07) is 0.832. The second kappa shape index (κ2) is 3.55. The third-order valence-corrected chi connectivity index (χ3v) is 3.02. The van der Waals surface area contributed by atoms with E-state index in [0.29, 0.717) is 0 Å². The van der Waals surface area contributed by atoms with Crippen molar-refractivity contribution in [1.29, 1.82) is 0 Å². The van der Waals surface area contributed by atoms with Crippen LogP contribution in [-0.4, -0.2) is 25.7 Å². The molecule has 2 N–H and O–H groups in total. The molecule has 2 aliphatic heterocycles. The Kier molecular flexibility index (Phi) is 2.44. The van der Waals surface area contributed by atoms with E-state index in [-0.39, 0.29) is 0 Å². The lowest BCUT2D eigenvalue weighted by Gasteiger charge is -2.28. The maximum atomic E-state index is 3.62. The molecule has 2 atom stereocenters. The Hall–Kier alpha value is -0.0800. The van der Waals surface area contributed by atoms with Crippen LogP contribution in [0, 0.1) is 5.92 Å². The number of hydrogen-bond acceptors (Lipinski definition) is 2. The van der Waals surface area contributed by atoms with E-state index >= 15 is 0 Å². The summed E-state index contributed by atoms with van der Waals surface area (Å²) >= 11 is 0. The molecule has 2 heteroatoms. The van der Waals surface area contributed by atoms with Gasteiger partial charge in [0.15, 0.2) is 0 Å². The van der Waals surface area contributed by atoms with Crippen molar-refractivity contribution in [2.24, 2.45) is 5.92 Å². The third-order valence-electron chi connectivity index (χ3n) is 3.02. The van der Waals surface area contributed by atoms with Crippen LogP contribution in [0.15, 0.2) is 0 Å². The van der Waals surface area contributed by atoms with Crippen molar-refractivity contribution < 1.29 is 0 Å². The van der Waals surface area contributed by atoms with E-state index in [9.17, 15) is 0 Å². The Morgan fingerprint density at radius 1 is 1.00 bits per heavy atom. The number of rotatable bonds is 1. The van der Waals surface area contributed by atoms with Gasteiger partial charge in [0.25, 0.3) is 0 Å². The van der Waals surface area contributed by atoms with Crippen LogP contribution in [0.4, 0.5) is 0 Å². The predicted octanol–water partition coefficient (Wildman–Crippen LogP) is 0.738. The molecule has 0 aromatic rings. The van der Waals surface area contributed by atoms with Crippen LogP contribution in [0.3, 0.4) is 0 Å². The van der Waals surface area contributed by atoms with Gasteiger partial charge in [0, 0.05) is 6.04 Å². The van der Waals surface area contributed by atoms with Crippen LogP contribution in [0.25, 0.3) is 0 Å². The minimum absolute atomic E-state index is 0.832. The molecule has 0 saturated carbocycles. The third kappa shape index (κ3) is 1.74. The summed E-state index contributed by atoms with van der Waals surface area (Å²) in [5, 5.41) is 7.05. The van der Waals surface area contributed by atoms with Gasteiger partial charge in [-0.3, -0.25) is 0 Å². The van der Waals surface area contributed by atoms with E-state index in [0.717, 1.165) is 12.0 Å². The lowest BCUT2D eigenvalue weighted by atomic mass is 9.92. The quantitative estimate of drug-likeness (QED) is 0.582. The summed E-state index contributed by atoms with van der Waals surface area (Å²) in [4.78, 5) is 0. The summed E-state index contributed by atoms with van der Waals surface area (Å²) in [6.07, 6.45) is 5.62. The zero-order chi connectivity index (χ0) is 7.52. The van der Waals surface area contributed by atoms with Crippen molar-refractivity contribution in [3.8, 4) is 0 Å². The van der Waals surface area contributed by atoms with Crippen molar-refractivity contribution in [3.05, 3.63) is 0 Å². The Bertz CT molecular complexity index is 113. The summed E-state index contributed by atoms with van der Waals surface area (Å²) < 4.78 is 0. The van der Waals surface area contributed by atoms with Gasteiger partial charge in [-0.25, -0.2) is 0 Å². The molecule has 2 nitrogen and oxygen atoms in total. The smallest absolute Gasteiger partial charge is 0.0108 e. The molecule has 2 rings (SSSR count). The second-order valence-electron chi connectivity index (χ2n) is 3.81. The molecule has 11 heavy (non-hydrogen) atoms. The fraction of sp³-hybridized carbons (Fsp3) is 1.00. The zero-order valence-electron chi connectivity index (χ0n) is 7.10. The lowest BCUT2D eigenvalue weighted by Crippen LogP contribution is -2.40. The van der Waals surface area contributed by atoms with Crippen LogP contribution in [0.5, 0.6) is 0 Å². The fourth-order valence-electron chi connectivity index (χ4n) is 2.30. The van der Waals surface area contributed by atoms with Crippen molar-refractivity contribution in [2.75, 3.05) is 19.6 Å². The van der Waals surface area contributed by atoms with Gasteiger partial charge in [-0.05, 0) is 44.8 Å². The minimum Gasteiger partial charge on any atom is -0.316 e. The minimum atomic E-state index is 0.832. The molecule has 64 valence electrons. The van der Waals surface area contributed by atoms with Crippen molar-refractivity contribution >= 4 is 0 Å². The highest BCUT2D eigenvalue weighted by atomic mass is 15.0. The monoisotopic (exact) mass is 154 g/mol. The van der Waals surface area contributed by atoms with Crippen LogP contribution in [0.1, 0.15) is 25.7 Å². The van der Waals surface area contributed by atoms with E-state index < -0.39 is 0 Å². The summed E-state index contributed by atoms with van der Waals surface area (Å²) in [5.74, 6) is 0.926. The molecule has 2 unspecified atom stereocenters. The van der Waals surface area contributed by atoms with E-state index in [4.69, 9.17) is 0 Å². The molecule has 2 aliphatic rings. The average molecular weight is 154 g/mol. The molecular weight excluding hydrogens is 136 g/mol. The van der Waals surface area contributed by atoms with Gasteiger partial charge < -0.3 is 10.6 Å². The maximum Gasteiger partial charge on any atom is 0.0108 e. The standard InChI is InChI=1S/C9H18N2/c1-2-5-11-9(3-1)8-4-6-10-7-8/h8-11H,1-7H2. The van der Waals surface area contributed by atoms with E-state index in [1.54, 1.807) is 0 Å². The topological polar surface area (TPSA) is 24.1 Å². The van der Waals surface area contributed by atoms with Crippen molar-refractivity contribution in [3.63, 3.8) is 0 Å². The van der Waals surface area contributed by atoms with Gasteiger partial charge in [-0.1, -0.05) is 6.42 Å². The van der Waals surface area contributed by atoms with E-state index in [1.807, 2.05) is 0 Å². The maximum absolute atomic E-state index is 3.62. The van der Waals surface area contributed by atoms with Gasteiger partial charge in [-0.2, -0.15) is 0 Å². The van der Waals surface area contributed by atoms with Crippen LogP contribution >= 0.6 is 0 Å². The molecule has 0 aliphatic carbocycles. The van der Waals surface area contributed by atoms with Gasteiger partial charge in [0.1, 0.15) is 0 Å². The largest absolute Gasteiger partial charge is 0.316 e. The summed E-state index contributed by atoms with van der Waals surface area (Å²) in [6.45, 7) is 3.74. The zero-order valence-corrected chi connectivity index (χ0v) is 7.10. The van der Waals surface area contributed by atoms with Crippen LogP contribution in [0.2, 0.25) is 0 Å². The molecule has 2 heterocycles. The Balaban J connectivity index is 1.82. The van der Waals surface area contributed by atoms with E-state index in [1.165, 1.54) is 45.3 Å². The first-order chi connectivity index (χ1) is 5.47. The molecule has 0 bridgehead atoms. The number of hydrogen-bond donors (Lipinski definition) is 2. The highest BCUT2D eigenvalue weighted by Crippen LogP contribution is 2.19. The molecule has 0 spiro atoms. The normalized spacial score (nSPS) is 39.3.